The third-order valence-corrected chi connectivity index (χ3v) is 4.22. The minimum Gasteiger partial charge on any atom is -0.383 e. The third-order valence-electron chi connectivity index (χ3n) is 3.05. The van der Waals surface area contributed by atoms with Crippen LogP contribution in [0.1, 0.15) is 16.5 Å². The van der Waals surface area contributed by atoms with Gasteiger partial charge in [-0.15, -0.1) is 11.3 Å². The van der Waals surface area contributed by atoms with Gasteiger partial charge in [-0.3, -0.25) is 0 Å². The summed E-state index contributed by atoms with van der Waals surface area (Å²) in [6, 6.07) is 10.3. The second-order valence-electron chi connectivity index (χ2n) is 4.38. The zero-order chi connectivity index (χ0) is 14.3. The van der Waals surface area contributed by atoms with Crippen LogP contribution in [0.25, 0.3) is 10.1 Å². The molecular formula is C15H9F3OS. The van der Waals surface area contributed by atoms with Crippen molar-refractivity contribution < 1.29 is 18.3 Å². The Labute approximate surface area is 116 Å². The van der Waals surface area contributed by atoms with Gasteiger partial charge in [-0.05, 0) is 23.6 Å². The zero-order valence-corrected chi connectivity index (χ0v) is 10.9. The quantitative estimate of drug-likeness (QED) is 0.695. The molecule has 1 aromatic heterocycles. The fourth-order valence-corrected chi connectivity index (χ4v) is 3.11. The number of rotatable bonds is 2. The Hall–Kier alpha value is -1.85. The summed E-state index contributed by atoms with van der Waals surface area (Å²) in [5.41, 5.74) is -0.268. The first kappa shape index (κ1) is 13.1. The van der Waals surface area contributed by atoms with Crippen molar-refractivity contribution in [3.05, 3.63) is 70.4 Å². The SMILES string of the molecule is OC(c1cc2ccccc2s1)c1cc(F)c(F)cc1F. The molecule has 0 fully saturated rings. The van der Waals surface area contributed by atoms with E-state index in [0.29, 0.717) is 17.0 Å². The summed E-state index contributed by atoms with van der Waals surface area (Å²) in [4.78, 5) is 0.483. The van der Waals surface area contributed by atoms with Crippen LogP contribution in [-0.2, 0) is 0 Å². The lowest BCUT2D eigenvalue weighted by Gasteiger charge is -2.10. The largest absolute Gasteiger partial charge is 0.383 e. The molecule has 102 valence electrons. The number of fused-ring (bicyclic) bond motifs is 1. The number of benzene rings is 2. The van der Waals surface area contributed by atoms with Crippen LogP contribution in [0.15, 0.2) is 42.5 Å². The van der Waals surface area contributed by atoms with E-state index in [4.69, 9.17) is 0 Å². The molecule has 0 aliphatic carbocycles. The fraction of sp³-hybridized carbons (Fsp3) is 0.0667. The molecule has 1 unspecified atom stereocenters. The Kier molecular flexibility index (Phi) is 3.23. The van der Waals surface area contributed by atoms with Crippen LogP contribution in [0.2, 0.25) is 0 Å². The van der Waals surface area contributed by atoms with Crippen LogP contribution in [0.3, 0.4) is 0 Å². The Bertz CT molecular complexity index is 749. The standard InChI is InChI=1S/C15H9F3OS/c16-10-7-12(18)11(17)6-9(10)15(19)14-5-8-3-1-2-4-13(8)20-14/h1-7,15,19H. The van der Waals surface area contributed by atoms with E-state index in [9.17, 15) is 18.3 Å². The summed E-state index contributed by atoms with van der Waals surface area (Å²) < 4.78 is 40.7. The van der Waals surface area contributed by atoms with Gasteiger partial charge < -0.3 is 5.11 Å². The van der Waals surface area contributed by atoms with Gasteiger partial charge in [0.05, 0.1) is 0 Å². The highest BCUT2D eigenvalue weighted by Crippen LogP contribution is 2.34. The maximum Gasteiger partial charge on any atom is 0.161 e. The Balaban J connectivity index is 2.07. The van der Waals surface area contributed by atoms with E-state index in [1.807, 2.05) is 24.3 Å². The smallest absolute Gasteiger partial charge is 0.161 e. The van der Waals surface area contributed by atoms with Crippen LogP contribution in [0, 0.1) is 17.5 Å². The average Bonchev–Trinajstić information content (AvgIpc) is 2.86. The summed E-state index contributed by atoms with van der Waals surface area (Å²) >= 11 is 1.29. The Morgan fingerprint density at radius 3 is 2.35 bits per heavy atom. The minimum absolute atomic E-state index is 0.268. The second kappa shape index (κ2) is 4.92. The van der Waals surface area contributed by atoms with Crippen molar-refractivity contribution in [2.24, 2.45) is 0 Å². The molecule has 0 amide bonds. The van der Waals surface area contributed by atoms with Crippen molar-refractivity contribution in [3.8, 4) is 0 Å². The van der Waals surface area contributed by atoms with Crippen molar-refractivity contribution in [2.45, 2.75) is 6.10 Å². The van der Waals surface area contributed by atoms with Crippen LogP contribution in [-0.4, -0.2) is 5.11 Å². The number of hydrogen-bond acceptors (Lipinski definition) is 2. The van der Waals surface area contributed by atoms with E-state index in [2.05, 4.69) is 0 Å². The first-order valence-electron chi connectivity index (χ1n) is 5.87. The van der Waals surface area contributed by atoms with Gasteiger partial charge in [0.25, 0.3) is 0 Å². The highest BCUT2D eigenvalue weighted by Gasteiger charge is 2.20. The fourth-order valence-electron chi connectivity index (χ4n) is 2.04. The van der Waals surface area contributed by atoms with Gasteiger partial charge in [-0.1, -0.05) is 18.2 Å². The molecular weight excluding hydrogens is 285 g/mol. The Morgan fingerprint density at radius 1 is 0.900 bits per heavy atom. The third kappa shape index (κ3) is 2.19. The molecule has 0 saturated carbocycles. The molecule has 20 heavy (non-hydrogen) atoms. The lowest BCUT2D eigenvalue weighted by Crippen LogP contribution is -2.03. The normalized spacial score (nSPS) is 12.8. The van der Waals surface area contributed by atoms with E-state index in [0.717, 1.165) is 10.1 Å². The lowest BCUT2D eigenvalue weighted by molar-refractivity contribution is 0.217. The van der Waals surface area contributed by atoms with E-state index >= 15 is 0 Å². The molecule has 0 aliphatic heterocycles. The molecule has 3 rings (SSSR count). The monoisotopic (exact) mass is 294 g/mol. The van der Waals surface area contributed by atoms with Crippen LogP contribution >= 0.6 is 11.3 Å². The second-order valence-corrected chi connectivity index (χ2v) is 5.49. The summed E-state index contributed by atoms with van der Waals surface area (Å²) in [6.07, 6.45) is -1.32. The number of hydrogen-bond donors (Lipinski definition) is 1. The Morgan fingerprint density at radius 2 is 1.60 bits per heavy atom. The number of halogens is 3. The molecule has 0 aliphatic rings. The van der Waals surface area contributed by atoms with Gasteiger partial charge >= 0.3 is 0 Å². The summed E-state index contributed by atoms with van der Waals surface area (Å²) in [7, 11) is 0. The first-order chi connectivity index (χ1) is 9.56. The van der Waals surface area contributed by atoms with E-state index in [1.165, 1.54) is 11.3 Å². The molecule has 3 aromatic rings. The first-order valence-corrected chi connectivity index (χ1v) is 6.69. The lowest BCUT2D eigenvalue weighted by atomic mass is 10.1. The van der Waals surface area contributed by atoms with Gasteiger partial charge in [-0.2, -0.15) is 0 Å². The van der Waals surface area contributed by atoms with Gasteiger partial charge in [0, 0.05) is 21.2 Å². The van der Waals surface area contributed by atoms with Crippen LogP contribution in [0.4, 0.5) is 13.2 Å². The van der Waals surface area contributed by atoms with E-state index < -0.39 is 23.6 Å². The predicted molar refractivity (Wildman–Crippen MR) is 72.2 cm³/mol. The van der Waals surface area contributed by atoms with Crippen molar-refractivity contribution in [3.63, 3.8) is 0 Å². The molecule has 0 spiro atoms. The molecule has 5 heteroatoms. The zero-order valence-electron chi connectivity index (χ0n) is 10.1. The summed E-state index contributed by atoms with van der Waals surface area (Å²) in [5.74, 6) is -3.41. The molecule has 1 N–H and O–H groups in total. The molecule has 1 heterocycles. The van der Waals surface area contributed by atoms with E-state index in [-0.39, 0.29) is 5.56 Å². The van der Waals surface area contributed by atoms with Crippen molar-refractivity contribution in [1.82, 2.24) is 0 Å². The molecule has 0 radical (unpaired) electrons. The number of aliphatic hydroxyl groups excluding tert-OH is 1. The number of aliphatic hydroxyl groups is 1. The maximum absolute atomic E-state index is 13.7. The molecule has 1 atom stereocenters. The highest BCUT2D eigenvalue weighted by atomic mass is 32.1. The van der Waals surface area contributed by atoms with Gasteiger partial charge in [-0.25, -0.2) is 13.2 Å². The van der Waals surface area contributed by atoms with Crippen LogP contribution < -0.4 is 0 Å². The average molecular weight is 294 g/mol. The van der Waals surface area contributed by atoms with Crippen molar-refractivity contribution in [1.29, 1.82) is 0 Å². The molecule has 2 aromatic carbocycles. The summed E-state index contributed by atoms with van der Waals surface area (Å²) in [5, 5.41) is 11.1. The molecule has 0 saturated heterocycles. The maximum atomic E-state index is 13.7. The number of thiophene rings is 1. The van der Waals surface area contributed by atoms with Gasteiger partial charge in [0.15, 0.2) is 11.6 Å². The van der Waals surface area contributed by atoms with Crippen molar-refractivity contribution >= 4 is 21.4 Å². The molecule has 1 nitrogen and oxygen atoms in total. The highest BCUT2D eigenvalue weighted by molar-refractivity contribution is 7.19. The summed E-state index contributed by atoms with van der Waals surface area (Å²) in [6.45, 7) is 0. The molecule has 0 bridgehead atoms. The van der Waals surface area contributed by atoms with E-state index in [1.54, 1.807) is 6.07 Å². The van der Waals surface area contributed by atoms with Gasteiger partial charge in [0.2, 0.25) is 0 Å². The van der Waals surface area contributed by atoms with Gasteiger partial charge in [0.1, 0.15) is 11.9 Å². The van der Waals surface area contributed by atoms with Crippen LogP contribution in [0.5, 0.6) is 0 Å². The topological polar surface area (TPSA) is 20.2 Å². The predicted octanol–water partition coefficient (Wildman–Crippen LogP) is 4.40. The van der Waals surface area contributed by atoms with Crippen molar-refractivity contribution in [2.75, 3.05) is 0 Å². The minimum atomic E-state index is -1.32.